The Morgan fingerprint density at radius 2 is 2.23 bits per heavy atom. The zero-order chi connectivity index (χ0) is 15.5. The first-order chi connectivity index (χ1) is 10.6. The molecule has 3 aromatic rings. The summed E-state index contributed by atoms with van der Waals surface area (Å²) in [5.74, 6) is 0.300. The first-order valence-corrected chi connectivity index (χ1v) is 7.97. The summed E-state index contributed by atoms with van der Waals surface area (Å²) in [5.41, 5.74) is 3.14. The van der Waals surface area contributed by atoms with Gasteiger partial charge in [-0.15, -0.1) is 11.3 Å². The maximum atomic E-state index is 9.60. The Balaban J connectivity index is 1.70. The van der Waals surface area contributed by atoms with Crippen molar-refractivity contribution in [2.75, 3.05) is 7.05 Å². The van der Waals surface area contributed by atoms with Gasteiger partial charge in [-0.2, -0.15) is 0 Å². The van der Waals surface area contributed by atoms with E-state index >= 15 is 0 Å². The third-order valence-corrected chi connectivity index (χ3v) is 4.69. The zero-order valence-corrected chi connectivity index (χ0v) is 13.4. The van der Waals surface area contributed by atoms with Crippen LogP contribution in [0.2, 0.25) is 0 Å². The lowest BCUT2D eigenvalue weighted by Gasteiger charge is -2.24. The average molecular weight is 314 g/mol. The molecule has 0 aliphatic heterocycles. The second-order valence-corrected chi connectivity index (χ2v) is 6.20. The summed E-state index contributed by atoms with van der Waals surface area (Å²) in [6, 6.07) is 9.51. The largest absolute Gasteiger partial charge is 0.508 e. The van der Waals surface area contributed by atoms with E-state index in [1.165, 1.54) is 0 Å². The molecule has 3 rings (SSSR count). The Hall–Kier alpha value is -2.11. The highest BCUT2D eigenvalue weighted by molar-refractivity contribution is 7.13. The summed E-state index contributed by atoms with van der Waals surface area (Å²) >= 11 is 1.62. The lowest BCUT2D eigenvalue weighted by molar-refractivity contribution is 0.250. The van der Waals surface area contributed by atoms with Crippen LogP contribution in [0.3, 0.4) is 0 Å². The molecule has 1 aromatic carbocycles. The van der Waals surface area contributed by atoms with Crippen LogP contribution in [-0.2, 0) is 6.54 Å². The highest BCUT2D eigenvalue weighted by atomic mass is 32.1. The van der Waals surface area contributed by atoms with Gasteiger partial charge in [0.15, 0.2) is 0 Å². The molecular formula is C17H18N2O2S. The van der Waals surface area contributed by atoms with Gasteiger partial charge in [0.2, 0.25) is 0 Å². The molecule has 1 N–H and O–H groups in total. The smallest absolute Gasteiger partial charge is 0.126 e. The van der Waals surface area contributed by atoms with Crippen LogP contribution in [0, 0.1) is 0 Å². The van der Waals surface area contributed by atoms with E-state index in [-0.39, 0.29) is 6.04 Å². The quantitative estimate of drug-likeness (QED) is 0.762. The number of rotatable bonds is 5. The molecule has 114 valence electrons. The van der Waals surface area contributed by atoms with Gasteiger partial charge in [-0.3, -0.25) is 4.90 Å². The van der Waals surface area contributed by atoms with Crippen molar-refractivity contribution in [3.8, 4) is 16.3 Å². The highest BCUT2D eigenvalue weighted by Gasteiger charge is 2.14. The number of benzene rings is 1. The van der Waals surface area contributed by atoms with Crippen molar-refractivity contribution in [1.82, 2.24) is 9.88 Å². The second-order valence-electron chi connectivity index (χ2n) is 5.34. The number of aromatic nitrogens is 1. The maximum absolute atomic E-state index is 9.60. The number of hydrogen-bond acceptors (Lipinski definition) is 5. The van der Waals surface area contributed by atoms with E-state index < -0.39 is 0 Å². The molecule has 0 bridgehead atoms. The monoisotopic (exact) mass is 314 g/mol. The molecule has 0 aliphatic carbocycles. The van der Waals surface area contributed by atoms with Crippen LogP contribution in [0.4, 0.5) is 0 Å². The van der Waals surface area contributed by atoms with Gasteiger partial charge in [0.1, 0.15) is 17.0 Å². The average Bonchev–Trinajstić information content (AvgIpc) is 3.17. The number of phenolic OH excluding ortho intramolecular Hbond substituents is 1. The molecule has 2 heterocycles. The summed E-state index contributed by atoms with van der Waals surface area (Å²) in [6.45, 7) is 2.88. The van der Waals surface area contributed by atoms with Gasteiger partial charge in [-0.1, -0.05) is 12.1 Å². The normalized spacial score (nSPS) is 12.7. The van der Waals surface area contributed by atoms with Crippen molar-refractivity contribution >= 4 is 11.3 Å². The Labute approximate surface area is 133 Å². The summed E-state index contributed by atoms with van der Waals surface area (Å²) in [7, 11) is 2.06. The van der Waals surface area contributed by atoms with E-state index in [2.05, 4.69) is 29.2 Å². The van der Waals surface area contributed by atoms with Crippen molar-refractivity contribution in [3.63, 3.8) is 0 Å². The zero-order valence-electron chi connectivity index (χ0n) is 12.6. The fraction of sp³-hybridized carbons (Fsp3) is 0.235. The number of furan rings is 1. The number of hydrogen-bond donors (Lipinski definition) is 1. The highest BCUT2D eigenvalue weighted by Crippen LogP contribution is 2.27. The minimum absolute atomic E-state index is 0.200. The molecule has 5 heteroatoms. The van der Waals surface area contributed by atoms with Crippen LogP contribution in [0.25, 0.3) is 10.6 Å². The Bertz CT molecular complexity index is 737. The van der Waals surface area contributed by atoms with Crippen LogP contribution >= 0.6 is 11.3 Å². The lowest BCUT2D eigenvalue weighted by Crippen LogP contribution is -2.22. The van der Waals surface area contributed by atoms with Gasteiger partial charge in [0, 0.05) is 23.5 Å². The maximum Gasteiger partial charge on any atom is 0.126 e. The molecule has 0 fully saturated rings. The van der Waals surface area contributed by atoms with E-state index in [1.54, 1.807) is 36.0 Å². The van der Waals surface area contributed by atoms with E-state index in [0.717, 1.165) is 28.4 Å². The fourth-order valence-electron chi connectivity index (χ4n) is 2.33. The van der Waals surface area contributed by atoms with Crippen molar-refractivity contribution < 1.29 is 9.52 Å². The van der Waals surface area contributed by atoms with Gasteiger partial charge >= 0.3 is 0 Å². The number of aromatic hydroxyl groups is 1. The minimum Gasteiger partial charge on any atom is -0.508 e. The second kappa shape index (κ2) is 6.34. The number of phenols is 1. The summed E-state index contributed by atoms with van der Waals surface area (Å²) in [5, 5.41) is 12.7. The molecule has 1 atom stereocenters. The van der Waals surface area contributed by atoms with E-state index in [1.807, 2.05) is 18.2 Å². The van der Waals surface area contributed by atoms with Crippen LogP contribution in [0.15, 0.2) is 52.7 Å². The molecule has 22 heavy (non-hydrogen) atoms. The molecule has 0 saturated heterocycles. The van der Waals surface area contributed by atoms with Crippen molar-refractivity contribution in [1.29, 1.82) is 0 Å². The molecular weight excluding hydrogens is 296 g/mol. The minimum atomic E-state index is 0.200. The topological polar surface area (TPSA) is 49.5 Å². The first kappa shape index (κ1) is 14.8. The molecule has 1 unspecified atom stereocenters. The fourth-order valence-corrected chi connectivity index (χ4v) is 3.13. The van der Waals surface area contributed by atoms with Crippen molar-refractivity contribution in [3.05, 3.63) is 59.5 Å². The number of thiazole rings is 1. The SMILES string of the molecule is CC(c1cccc(O)c1)N(C)Cc1csc(-c2ccoc2)n1. The molecule has 0 amide bonds. The van der Waals surface area contributed by atoms with E-state index in [4.69, 9.17) is 4.42 Å². The standard InChI is InChI=1S/C17H18N2O2S/c1-12(13-4-3-5-16(20)8-13)19(2)9-15-11-22-17(18-15)14-6-7-21-10-14/h3-8,10-12,20H,9H2,1-2H3. The van der Waals surface area contributed by atoms with Crippen LogP contribution in [0.1, 0.15) is 24.2 Å². The third-order valence-electron chi connectivity index (χ3n) is 3.75. The Morgan fingerprint density at radius 1 is 1.36 bits per heavy atom. The van der Waals surface area contributed by atoms with Gasteiger partial charge in [-0.25, -0.2) is 4.98 Å². The summed E-state index contributed by atoms with van der Waals surface area (Å²) < 4.78 is 5.10. The molecule has 0 aliphatic rings. The van der Waals surface area contributed by atoms with E-state index in [9.17, 15) is 5.11 Å². The molecule has 2 aromatic heterocycles. The molecule has 0 radical (unpaired) electrons. The third kappa shape index (κ3) is 3.21. The Morgan fingerprint density at radius 3 is 2.95 bits per heavy atom. The van der Waals surface area contributed by atoms with Crippen molar-refractivity contribution in [2.24, 2.45) is 0 Å². The van der Waals surface area contributed by atoms with Gasteiger partial charge < -0.3 is 9.52 Å². The predicted molar refractivity (Wildman–Crippen MR) is 87.8 cm³/mol. The summed E-state index contributed by atoms with van der Waals surface area (Å²) in [6.07, 6.45) is 3.37. The van der Waals surface area contributed by atoms with Gasteiger partial charge in [0.25, 0.3) is 0 Å². The van der Waals surface area contributed by atoms with E-state index in [0.29, 0.717) is 5.75 Å². The first-order valence-electron chi connectivity index (χ1n) is 7.09. The van der Waals surface area contributed by atoms with Crippen LogP contribution in [0.5, 0.6) is 5.75 Å². The molecule has 0 spiro atoms. The molecule has 0 saturated carbocycles. The van der Waals surface area contributed by atoms with Crippen LogP contribution in [-0.4, -0.2) is 22.0 Å². The molecule has 4 nitrogen and oxygen atoms in total. The lowest BCUT2D eigenvalue weighted by atomic mass is 10.1. The summed E-state index contributed by atoms with van der Waals surface area (Å²) in [4.78, 5) is 6.87. The number of nitrogens with zero attached hydrogens (tertiary/aromatic N) is 2. The van der Waals surface area contributed by atoms with Crippen molar-refractivity contribution in [2.45, 2.75) is 19.5 Å². The van der Waals surface area contributed by atoms with Gasteiger partial charge in [-0.05, 0) is 37.7 Å². The predicted octanol–water partition coefficient (Wildman–Crippen LogP) is 4.30. The van der Waals surface area contributed by atoms with Gasteiger partial charge in [0.05, 0.1) is 12.0 Å². The van der Waals surface area contributed by atoms with Crippen LogP contribution < -0.4 is 0 Å². The Kier molecular flexibility index (Phi) is 4.27.